The Morgan fingerprint density at radius 2 is 1.91 bits per heavy atom. The number of likely N-dealkylation sites (tertiary alicyclic amines) is 1. The van der Waals surface area contributed by atoms with E-state index in [0.717, 1.165) is 11.3 Å². The number of nitrogens with one attached hydrogen (secondary N) is 1. The van der Waals surface area contributed by atoms with Crippen molar-refractivity contribution in [2.75, 3.05) is 13.1 Å². The van der Waals surface area contributed by atoms with Crippen molar-refractivity contribution in [3.63, 3.8) is 0 Å². The highest BCUT2D eigenvalue weighted by Gasteiger charge is 2.47. The van der Waals surface area contributed by atoms with Gasteiger partial charge in [-0.15, -0.1) is 11.3 Å². The summed E-state index contributed by atoms with van der Waals surface area (Å²) >= 11 is 1.64. The minimum Gasteiger partial charge on any atom is -0.354 e. The lowest BCUT2D eigenvalue weighted by molar-refractivity contribution is -0.143. The van der Waals surface area contributed by atoms with Gasteiger partial charge < -0.3 is 5.32 Å². The smallest absolute Gasteiger partial charge is 0.240 e. The maximum absolute atomic E-state index is 12.2. The molecule has 116 valence electrons. The van der Waals surface area contributed by atoms with E-state index in [4.69, 9.17) is 0 Å². The van der Waals surface area contributed by atoms with Crippen LogP contribution in [0.25, 0.3) is 0 Å². The summed E-state index contributed by atoms with van der Waals surface area (Å²) in [5, 5.41) is 4.77. The fraction of sp³-hybridized carbons (Fsp3) is 0.438. The first kappa shape index (κ1) is 15.0. The molecule has 1 aromatic heterocycles. The number of allylic oxidation sites excluding steroid dienone is 2. The van der Waals surface area contributed by atoms with Crippen molar-refractivity contribution in [3.8, 4) is 0 Å². The lowest BCUT2D eigenvalue weighted by Gasteiger charge is -2.14. The van der Waals surface area contributed by atoms with Gasteiger partial charge in [0.05, 0.1) is 11.8 Å². The summed E-state index contributed by atoms with van der Waals surface area (Å²) in [4.78, 5) is 38.8. The van der Waals surface area contributed by atoms with E-state index in [1.54, 1.807) is 11.3 Å². The van der Waals surface area contributed by atoms with Crippen molar-refractivity contribution in [2.24, 2.45) is 11.8 Å². The van der Waals surface area contributed by atoms with Gasteiger partial charge in [-0.25, -0.2) is 0 Å². The van der Waals surface area contributed by atoms with Crippen molar-refractivity contribution in [1.29, 1.82) is 0 Å². The Hall–Kier alpha value is -1.95. The summed E-state index contributed by atoms with van der Waals surface area (Å²) in [6.07, 6.45) is 5.85. The summed E-state index contributed by atoms with van der Waals surface area (Å²) in [6.45, 7) is 0.360. The van der Waals surface area contributed by atoms with Gasteiger partial charge in [0.1, 0.15) is 6.54 Å². The Bertz CT molecular complexity index is 583. The predicted molar refractivity (Wildman–Crippen MR) is 83.1 cm³/mol. The maximum atomic E-state index is 12.2. The van der Waals surface area contributed by atoms with Crippen molar-refractivity contribution in [1.82, 2.24) is 10.2 Å². The number of hydrogen-bond donors (Lipinski definition) is 1. The lowest BCUT2D eigenvalue weighted by Crippen LogP contribution is -2.41. The largest absolute Gasteiger partial charge is 0.354 e. The second-order valence-electron chi connectivity index (χ2n) is 5.60. The van der Waals surface area contributed by atoms with E-state index in [1.165, 1.54) is 4.88 Å². The number of rotatable bonds is 5. The van der Waals surface area contributed by atoms with E-state index in [0.29, 0.717) is 19.4 Å². The topological polar surface area (TPSA) is 66.5 Å². The molecule has 0 spiro atoms. The minimum absolute atomic E-state index is 0.158. The normalized spacial score (nSPS) is 23.7. The van der Waals surface area contributed by atoms with E-state index in [9.17, 15) is 14.4 Å². The number of nitrogens with zero attached hydrogens (tertiary/aromatic N) is 1. The van der Waals surface area contributed by atoms with Gasteiger partial charge in [0, 0.05) is 11.4 Å². The highest BCUT2D eigenvalue weighted by Crippen LogP contribution is 2.34. The summed E-state index contributed by atoms with van der Waals surface area (Å²) in [5.74, 6) is -1.21. The van der Waals surface area contributed by atoms with Crippen LogP contribution in [0.1, 0.15) is 17.7 Å². The molecule has 1 aliphatic heterocycles. The molecule has 1 saturated heterocycles. The Labute approximate surface area is 133 Å². The molecule has 0 saturated carbocycles. The molecular formula is C16H18N2O3S. The van der Waals surface area contributed by atoms with Crippen LogP contribution in [0.3, 0.4) is 0 Å². The Morgan fingerprint density at radius 1 is 1.23 bits per heavy atom. The first-order valence-corrected chi connectivity index (χ1v) is 8.34. The van der Waals surface area contributed by atoms with Crippen LogP contribution in [-0.2, 0) is 20.8 Å². The Morgan fingerprint density at radius 3 is 2.50 bits per heavy atom. The van der Waals surface area contributed by atoms with Gasteiger partial charge in [-0.2, -0.15) is 0 Å². The molecule has 1 aliphatic carbocycles. The molecule has 5 nitrogen and oxygen atoms in total. The molecule has 6 heteroatoms. The zero-order valence-electron chi connectivity index (χ0n) is 12.2. The summed E-state index contributed by atoms with van der Waals surface area (Å²) in [6, 6.07) is 3.99. The van der Waals surface area contributed by atoms with Crippen molar-refractivity contribution in [2.45, 2.75) is 19.3 Å². The van der Waals surface area contributed by atoms with Gasteiger partial charge in [-0.1, -0.05) is 18.2 Å². The van der Waals surface area contributed by atoms with Crippen LogP contribution in [0.2, 0.25) is 0 Å². The zero-order chi connectivity index (χ0) is 15.5. The molecule has 0 radical (unpaired) electrons. The molecular weight excluding hydrogens is 300 g/mol. The van der Waals surface area contributed by atoms with Crippen LogP contribution in [0.5, 0.6) is 0 Å². The molecule has 2 aliphatic rings. The molecule has 1 N–H and O–H groups in total. The first-order valence-electron chi connectivity index (χ1n) is 7.46. The molecule has 0 aromatic carbocycles. The molecule has 2 atom stereocenters. The average Bonchev–Trinajstić information content (AvgIpc) is 3.11. The standard InChI is InChI=1S/C16H18N2O3S/c19-14(17-8-7-11-4-3-9-22-11)10-18-15(20)12-5-1-2-6-13(12)16(18)21/h1-4,9,12-13H,5-8,10H2,(H,17,19)/t12-,13+. The molecule has 1 aromatic rings. The van der Waals surface area contributed by atoms with Crippen LogP contribution >= 0.6 is 11.3 Å². The van der Waals surface area contributed by atoms with Crippen molar-refractivity contribution >= 4 is 29.1 Å². The van der Waals surface area contributed by atoms with Gasteiger partial charge in [-0.05, 0) is 30.7 Å². The zero-order valence-corrected chi connectivity index (χ0v) is 13.0. The number of amides is 3. The number of hydrogen-bond acceptors (Lipinski definition) is 4. The van der Waals surface area contributed by atoms with Crippen molar-refractivity contribution in [3.05, 3.63) is 34.5 Å². The summed E-state index contributed by atoms with van der Waals surface area (Å²) in [5.41, 5.74) is 0. The highest BCUT2D eigenvalue weighted by molar-refractivity contribution is 7.09. The molecule has 3 amide bonds. The fourth-order valence-corrected chi connectivity index (χ4v) is 3.71. The summed E-state index contributed by atoms with van der Waals surface area (Å²) in [7, 11) is 0. The van der Waals surface area contributed by atoms with Gasteiger partial charge in [0.25, 0.3) is 0 Å². The predicted octanol–water partition coefficient (Wildman–Crippen LogP) is 1.36. The minimum atomic E-state index is -0.273. The molecule has 3 rings (SSSR count). The average molecular weight is 318 g/mol. The van der Waals surface area contributed by atoms with E-state index >= 15 is 0 Å². The Kier molecular flexibility index (Phi) is 4.38. The molecule has 2 heterocycles. The lowest BCUT2D eigenvalue weighted by atomic mass is 9.85. The molecule has 0 bridgehead atoms. The molecule has 1 fully saturated rings. The number of fused-ring (bicyclic) bond motifs is 1. The third kappa shape index (κ3) is 2.97. The third-order valence-corrected chi connectivity index (χ3v) is 5.11. The van der Waals surface area contributed by atoms with Crippen LogP contribution < -0.4 is 5.32 Å². The number of imide groups is 1. The SMILES string of the molecule is O=C(CN1C(=O)[C@H]2CC=CC[C@H]2C1=O)NCCc1cccs1. The fourth-order valence-electron chi connectivity index (χ4n) is 3.00. The van der Waals surface area contributed by atoms with Gasteiger partial charge in [-0.3, -0.25) is 19.3 Å². The Balaban J connectivity index is 1.51. The van der Waals surface area contributed by atoms with Crippen molar-refractivity contribution < 1.29 is 14.4 Å². The van der Waals surface area contributed by atoms with Gasteiger partial charge in [0.15, 0.2) is 0 Å². The number of carbonyl (C=O) groups is 3. The highest BCUT2D eigenvalue weighted by atomic mass is 32.1. The number of thiophene rings is 1. The van der Waals surface area contributed by atoms with E-state index in [1.807, 2.05) is 29.7 Å². The van der Waals surface area contributed by atoms with Gasteiger partial charge in [0.2, 0.25) is 17.7 Å². The maximum Gasteiger partial charge on any atom is 0.240 e. The van der Waals surface area contributed by atoms with E-state index in [2.05, 4.69) is 5.32 Å². The van der Waals surface area contributed by atoms with Gasteiger partial charge >= 0.3 is 0 Å². The van der Waals surface area contributed by atoms with Crippen LogP contribution in [0.4, 0.5) is 0 Å². The summed E-state index contributed by atoms with van der Waals surface area (Å²) < 4.78 is 0. The van der Waals surface area contributed by atoms with Crippen LogP contribution in [-0.4, -0.2) is 35.7 Å². The third-order valence-electron chi connectivity index (χ3n) is 4.17. The van der Waals surface area contributed by atoms with E-state index < -0.39 is 0 Å². The second kappa shape index (κ2) is 6.44. The second-order valence-corrected chi connectivity index (χ2v) is 6.63. The molecule has 0 unspecified atom stereocenters. The van der Waals surface area contributed by atoms with Crippen LogP contribution in [0, 0.1) is 11.8 Å². The molecule has 22 heavy (non-hydrogen) atoms. The van der Waals surface area contributed by atoms with Crippen LogP contribution in [0.15, 0.2) is 29.7 Å². The number of carbonyl (C=O) groups excluding carboxylic acids is 3. The quantitative estimate of drug-likeness (QED) is 0.658. The first-order chi connectivity index (χ1) is 10.7. The monoisotopic (exact) mass is 318 g/mol. The van der Waals surface area contributed by atoms with E-state index in [-0.39, 0.29) is 36.1 Å².